The Morgan fingerprint density at radius 2 is 1.95 bits per heavy atom. The molecule has 1 N–H and O–H groups in total. The van der Waals surface area contributed by atoms with Gasteiger partial charge >= 0.3 is 6.09 Å². The molecule has 1 amide bonds. The Morgan fingerprint density at radius 1 is 1.19 bits per heavy atom. The molecule has 2 aliphatic rings. The van der Waals surface area contributed by atoms with Crippen molar-refractivity contribution in [3.8, 4) is 0 Å². The second-order valence-electron chi connectivity index (χ2n) is 6.07. The second kappa shape index (κ2) is 8.89. The maximum absolute atomic E-state index is 11.7. The molecule has 2 rings (SSSR count). The van der Waals surface area contributed by atoms with Crippen LogP contribution < -0.4 is 5.32 Å². The summed E-state index contributed by atoms with van der Waals surface area (Å²) in [5.74, 6) is 1.23. The summed E-state index contributed by atoms with van der Waals surface area (Å²) in [6, 6.07) is 1.26. The van der Waals surface area contributed by atoms with Gasteiger partial charge in [-0.25, -0.2) is 4.79 Å². The van der Waals surface area contributed by atoms with Gasteiger partial charge in [-0.2, -0.15) is 11.8 Å². The van der Waals surface area contributed by atoms with Gasteiger partial charge in [0.2, 0.25) is 0 Å². The van der Waals surface area contributed by atoms with Gasteiger partial charge in [0, 0.05) is 30.4 Å². The third kappa shape index (κ3) is 5.37. The van der Waals surface area contributed by atoms with Crippen molar-refractivity contribution >= 4 is 17.9 Å². The molecule has 0 spiro atoms. The van der Waals surface area contributed by atoms with Gasteiger partial charge in [0.25, 0.3) is 0 Å². The minimum atomic E-state index is -0.145. The van der Waals surface area contributed by atoms with Gasteiger partial charge in [-0.1, -0.05) is 13.3 Å². The number of ether oxygens (including phenoxy) is 1. The van der Waals surface area contributed by atoms with Crippen LogP contribution in [0.25, 0.3) is 0 Å². The molecule has 122 valence electrons. The minimum Gasteiger partial charge on any atom is -0.450 e. The molecule has 1 aliphatic carbocycles. The predicted molar refractivity (Wildman–Crippen MR) is 88.9 cm³/mol. The van der Waals surface area contributed by atoms with E-state index in [4.69, 9.17) is 4.74 Å². The largest absolute Gasteiger partial charge is 0.450 e. The average Bonchev–Trinajstić information content (AvgIpc) is 2.49. The molecule has 2 fully saturated rings. The lowest BCUT2D eigenvalue weighted by atomic mass is 9.93. The van der Waals surface area contributed by atoms with E-state index in [1.54, 1.807) is 0 Å². The first kappa shape index (κ1) is 16.9. The maximum Gasteiger partial charge on any atom is 0.409 e. The highest BCUT2D eigenvalue weighted by atomic mass is 32.2. The van der Waals surface area contributed by atoms with Gasteiger partial charge < -0.3 is 15.0 Å². The molecule has 5 heteroatoms. The van der Waals surface area contributed by atoms with Crippen LogP contribution in [0.1, 0.15) is 52.4 Å². The average molecular weight is 314 g/mol. The molecule has 21 heavy (non-hydrogen) atoms. The van der Waals surface area contributed by atoms with Gasteiger partial charge in [-0.3, -0.25) is 0 Å². The van der Waals surface area contributed by atoms with E-state index < -0.39 is 0 Å². The topological polar surface area (TPSA) is 41.6 Å². The van der Waals surface area contributed by atoms with Gasteiger partial charge in [0.1, 0.15) is 0 Å². The van der Waals surface area contributed by atoms with Crippen molar-refractivity contribution in [3.63, 3.8) is 0 Å². The van der Waals surface area contributed by atoms with Crippen LogP contribution in [0, 0.1) is 0 Å². The third-order valence-corrected chi connectivity index (χ3v) is 5.75. The number of thioether (sulfide) groups is 1. The summed E-state index contributed by atoms with van der Waals surface area (Å²) < 4.78 is 5.07. The summed E-state index contributed by atoms with van der Waals surface area (Å²) in [6.07, 6.45) is 7.35. The number of hydrogen-bond donors (Lipinski definition) is 1. The Hall–Kier alpha value is -0.420. The van der Waals surface area contributed by atoms with Crippen molar-refractivity contribution in [2.75, 3.05) is 25.4 Å². The van der Waals surface area contributed by atoms with E-state index in [2.05, 4.69) is 24.0 Å². The first-order valence-corrected chi connectivity index (χ1v) is 9.57. The number of carbonyl (C=O) groups is 1. The summed E-state index contributed by atoms with van der Waals surface area (Å²) in [4.78, 5) is 13.5. The maximum atomic E-state index is 11.7. The second-order valence-corrected chi connectivity index (χ2v) is 7.65. The molecule has 2 unspecified atom stereocenters. The molecule has 1 saturated heterocycles. The van der Waals surface area contributed by atoms with Crippen molar-refractivity contribution in [2.24, 2.45) is 0 Å². The number of hydrogen-bond acceptors (Lipinski definition) is 4. The van der Waals surface area contributed by atoms with Crippen LogP contribution in [-0.4, -0.2) is 53.8 Å². The van der Waals surface area contributed by atoms with E-state index in [9.17, 15) is 4.79 Å². The van der Waals surface area contributed by atoms with E-state index in [-0.39, 0.29) is 6.09 Å². The van der Waals surface area contributed by atoms with Crippen LogP contribution in [-0.2, 0) is 4.74 Å². The predicted octanol–water partition coefficient (Wildman–Crippen LogP) is 3.26. The Labute approximate surface area is 133 Å². The summed E-state index contributed by atoms with van der Waals surface area (Å²) in [5, 5.41) is 4.69. The molecule has 0 radical (unpaired) electrons. The molecular weight excluding hydrogens is 284 g/mol. The Balaban J connectivity index is 1.69. The number of nitrogens with zero attached hydrogens (tertiary/aromatic N) is 1. The Morgan fingerprint density at radius 3 is 2.62 bits per heavy atom. The number of piperidine rings is 1. The zero-order valence-electron chi connectivity index (χ0n) is 13.5. The molecule has 1 aliphatic heterocycles. The van der Waals surface area contributed by atoms with E-state index in [0.717, 1.165) is 31.2 Å². The Bertz CT molecular complexity index is 317. The molecule has 0 bridgehead atoms. The van der Waals surface area contributed by atoms with E-state index in [0.29, 0.717) is 18.7 Å². The third-order valence-electron chi connectivity index (χ3n) is 4.52. The minimum absolute atomic E-state index is 0.145. The molecule has 0 aromatic carbocycles. The number of likely N-dealkylation sites (tertiary alicyclic amines) is 1. The van der Waals surface area contributed by atoms with Crippen LogP contribution in [0.5, 0.6) is 0 Å². The van der Waals surface area contributed by atoms with Crippen molar-refractivity contribution < 1.29 is 9.53 Å². The fraction of sp³-hybridized carbons (Fsp3) is 0.938. The number of rotatable bonds is 5. The highest BCUT2D eigenvalue weighted by Gasteiger charge is 2.27. The van der Waals surface area contributed by atoms with Crippen LogP contribution in [0.2, 0.25) is 0 Å². The summed E-state index contributed by atoms with van der Waals surface area (Å²) in [5.41, 5.74) is 0. The Kier molecular flexibility index (Phi) is 7.17. The zero-order valence-corrected chi connectivity index (χ0v) is 14.3. The van der Waals surface area contributed by atoms with Crippen LogP contribution in [0.3, 0.4) is 0 Å². The molecule has 0 aromatic heterocycles. The van der Waals surface area contributed by atoms with E-state index in [1.807, 2.05) is 11.8 Å². The summed E-state index contributed by atoms with van der Waals surface area (Å²) in [7, 11) is 0. The lowest BCUT2D eigenvalue weighted by molar-refractivity contribution is 0.0937. The SMILES string of the molecule is CCOC(=O)N1CCC(NC2CCCC(SCC)C2)CC1. The smallest absolute Gasteiger partial charge is 0.409 e. The highest BCUT2D eigenvalue weighted by molar-refractivity contribution is 7.99. The molecular formula is C16H30N2O2S. The molecule has 2 atom stereocenters. The van der Waals surface area contributed by atoms with Crippen molar-refractivity contribution in [3.05, 3.63) is 0 Å². The lowest BCUT2D eigenvalue weighted by Gasteiger charge is -2.36. The van der Waals surface area contributed by atoms with Crippen LogP contribution in [0.15, 0.2) is 0 Å². The standard InChI is InChI=1S/C16H30N2O2S/c1-3-20-16(19)18-10-8-13(9-11-18)17-14-6-5-7-15(12-14)21-4-2/h13-15,17H,3-12H2,1-2H3. The summed E-state index contributed by atoms with van der Waals surface area (Å²) >= 11 is 2.12. The lowest BCUT2D eigenvalue weighted by Crippen LogP contribution is -2.49. The molecule has 4 nitrogen and oxygen atoms in total. The first-order valence-electron chi connectivity index (χ1n) is 8.52. The molecule has 0 aromatic rings. The summed E-state index contributed by atoms with van der Waals surface area (Å²) in [6.45, 7) is 6.25. The molecule has 1 heterocycles. The number of amides is 1. The fourth-order valence-corrected chi connectivity index (χ4v) is 4.63. The first-order chi connectivity index (χ1) is 10.2. The fourth-order valence-electron chi connectivity index (χ4n) is 3.46. The van der Waals surface area contributed by atoms with E-state index >= 15 is 0 Å². The monoisotopic (exact) mass is 314 g/mol. The van der Waals surface area contributed by atoms with Crippen LogP contribution in [0.4, 0.5) is 4.79 Å². The quantitative estimate of drug-likeness (QED) is 0.846. The van der Waals surface area contributed by atoms with Gasteiger partial charge in [0.15, 0.2) is 0 Å². The highest BCUT2D eigenvalue weighted by Crippen LogP contribution is 2.29. The van der Waals surface area contributed by atoms with Gasteiger partial charge in [-0.05, 0) is 44.8 Å². The van der Waals surface area contributed by atoms with Crippen molar-refractivity contribution in [1.82, 2.24) is 10.2 Å². The number of carbonyl (C=O) groups excluding carboxylic acids is 1. The zero-order chi connectivity index (χ0) is 15.1. The van der Waals surface area contributed by atoms with Crippen molar-refractivity contribution in [1.29, 1.82) is 0 Å². The molecule has 1 saturated carbocycles. The van der Waals surface area contributed by atoms with E-state index in [1.165, 1.54) is 31.4 Å². The van der Waals surface area contributed by atoms with Crippen LogP contribution >= 0.6 is 11.8 Å². The van der Waals surface area contributed by atoms with Crippen molar-refractivity contribution in [2.45, 2.75) is 69.7 Å². The van der Waals surface area contributed by atoms with Gasteiger partial charge in [-0.15, -0.1) is 0 Å². The van der Waals surface area contributed by atoms with Gasteiger partial charge in [0.05, 0.1) is 6.61 Å². The number of nitrogens with one attached hydrogen (secondary N) is 1. The normalized spacial score (nSPS) is 27.6.